The predicted octanol–water partition coefficient (Wildman–Crippen LogP) is 1.89. The number of hydrogen-bond acceptors (Lipinski definition) is 2. The van der Waals surface area contributed by atoms with E-state index in [1.54, 1.807) is 19.0 Å². The average molecular weight is 326 g/mol. The maximum Gasteiger partial charge on any atom is 0.240 e. The van der Waals surface area contributed by atoms with Crippen molar-refractivity contribution in [2.45, 2.75) is 32.9 Å². The fraction of sp³-hybridized carbons (Fsp3) is 0.500. The standard InChI is InChI=1S/C16H24F2N4O/c1-16(2,3)21-14(23)10-22(5)15(19-4)20-9-11-8-12(17)6-7-13(11)18/h6-8H,9-10H2,1-5H3,(H,19,20)(H,21,23). The van der Waals surface area contributed by atoms with Crippen LogP contribution in [0, 0.1) is 11.6 Å². The summed E-state index contributed by atoms with van der Waals surface area (Å²) in [5, 5.41) is 5.76. The molecule has 0 fully saturated rings. The summed E-state index contributed by atoms with van der Waals surface area (Å²) < 4.78 is 26.8. The van der Waals surface area contributed by atoms with Gasteiger partial charge in [0.1, 0.15) is 11.6 Å². The Morgan fingerprint density at radius 1 is 1.30 bits per heavy atom. The van der Waals surface area contributed by atoms with Crippen molar-refractivity contribution >= 4 is 11.9 Å². The summed E-state index contributed by atoms with van der Waals surface area (Å²) in [7, 11) is 3.25. The van der Waals surface area contributed by atoms with Gasteiger partial charge in [-0.2, -0.15) is 0 Å². The van der Waals surface area contributed by atoms with E-state index in [9.17, 15) is 13.6 Å². The Labute approximate surface area is 135 Å². The highest BCUT2D eigenvalue weighted by molar-refractivity contribution is 5.86. The van der Waals surface area contributed by atoms with Gasteiger partial charge in [0.2, 0.25) is 5.91 Å². The van der Waals surface area contributed by atoms with Crippen LogP contribution in [0.5, 0.6) is 0 Å². The van der Waals surface area contributed by atoms with Crippen molar-refractivity contribution < 1.29 is 13.6 Å². The summed E-state index contributed by atoms with van der Waals surface area (Å²) in [4.78, 5) is 17.6. The van der Waals surface area contributed by atoms with Gasteiger partial charge >= 0.3 is 0 Å². The molecule has 7 heteroatoms. The van der Waals surface area contributed by atoms with Crippen LogP contribution in [0.15, 0.2) is 23.2 Å². The Hall–Kier alpha value is -2.18. The van der Waals surface area contributed by atoms with Crippen LogP contribution in [0.4, 0.5) is 8.78 Å². The predicted molar refractivity (Wildman–Crippen MR) is 87.1 cm³/mol. The second-order valence-electron chi connectivity index (χ2n) is 6.29. The third-order valence-electron chi connectivity index (χ3n) is 2.91. The van der Waals surface area contributed by atoms with E-state index in [1.807, 2.05) is 20.8 Å². The van der Waals surface area contributed by atoms with Crippen molar-refractivity contribution in [3.8, 4) is 0 Å². The summed E-state index contributed by atoms with van der Waals surface area (Å²) in [6.07, 6.45) is 0. The van der Waals surface area contributed by atoms with E-state index in [2.05, 4.69) is 15.6 Å². The highest BCUT2D eigenvalue weighted by Crippen LogP contribution is 2.09. The molecular weight excluding hydrogens is 302 g/mol. The lowest BCUT2D eigenvalue weighted by atomic mass is 10.1. The molecule has 1 rings (SSSR count). The number of halogens is 2. The topological polar surface area (TPSA) is 56.7 Å². The lowest BCUT2D eigenvalue weighted by Gasteiger charge is -2.25. The molecule has 0 saturated heterocycles. The summed E-state index contributed by atoms with van der Waals surface area (Å²) in [6, 6.07) is 3.27. The van der Waals surface area contributed by atoms with Crippen molar-refractivity contribution in [1.82, 2.24) is 15.5 Å². The van der Waals surface area contributed by atoms with Gasteiger partial charge in [-0.3, -0.25) is 9.79 Å². The largest absolute Gasteiger partial charge is 0.352 e. The molecule has 0 aliphatic carbocycles. The molecule has 1 amide bonds. The maximum atomic E-state index is 13.6. The van der Waals surface area contributed by atoms with Crippen molar-refractivity contribution in [2.24, 2.45) is 4.99 Å². The Morgan fingerprint density at radius 3 is 2.52 bits per heavy atom. The van der Waals surface area contributed by atoms with Crippen LogP contribution in [-0.2, 0) is 11.3 Å². The first-order chi connectivity index (χ1) is 10.6. The highest BCUT2D eigenvalue weighted by atomic mass is 19.1. The first kappa shape index (κ1) is 18.9. The third-order valence-corrected chi connectivity index (χ3v) is 2.91. The van der Waals surface area contributed by atoms with Crippen molar-refractivity contribution in [3.05, 3.63) is 35.4 Å². The minimum Gasteiger partial charge on any atom is -0.352 e. The summed E-state index contributed by atoms with van der Waals surface area (Å²) >= 11 is 0. The van der Waals surface area contributed by atoms with Gasteiger partial charge in [-0.15, -0.1) is 0 Å². The molecule has 1 aromatic rings. The number of likely N-dealkylation sites (N-methyl/N-ethyl adjacent to an activating group) is 1. The smallest absolute Gasteiger partial charge is 0.240 e. The van der Waals surface area contributed by atoms with Crippen LogP contribution in [0.3, 0.4) is 0 Å². The van der Waals surface area contributed by atoms with E-state index in [4.69, 9.17) is 0 Å². The lowest BCUT2D eigenvalue weighted by molar-refractivity contribution is -0.122. The zero-order chi connectivity index (χ0) is 17.6. The van der Waals surface area contributed by atoms with Gasteiger partial charge in [0.25, 0.3) is 0 Å². The van der Waals surface area contributed by atoms with Gasteiger partial charge in [-0.25, -0.2) is 8.78 Å². The van der Waals surface area contributed by atoms with Crippen LogP contribution in [0.2, 0.25) is 0 Å². The zero-order valence-corrected chi connectivity index (χ0v) is 14.2. The first-order valence-corrected chi connectivity index (χ1v) is 7.29. The fourth-order valence-corrected chi connectivity index (χ4v) is 1.99. The second-order valence-corrected chi connectivity index (χ2v) is 6.29. The minimum absolute atomic E-state index is 0.0709. The SMILES string of the molecule is CN=C(NCc1cc(F)ccc1F)N(C)CC(=O)NC(C)(C)C. The van der Waals surface area contributed by atoms with Gasteiger partial charge < -0.3 is 15.5 Å². The Bertz CT molecular complexity index is 582. The molecule has 0 aromatic heterocycles. The van der Waals surface area contributed by atoms with Crippen LogP contribution >= 0.6 is 0 Å². The molecule has 2 N–H and O–H groups in total. The number of guanidine groups is 1. The minimum atomic E-state index is -0.504. The Kier molecular flexibility index (Phi) is 6.48. The molecule has 0 saturated carbocycles. The second kappa shape index (κ2) is 7.89. The van der Waals surface area contributed by atoms with E-state index in [0.29, 0.717) is 5.96 Å². The summed E-state index contributed by atoms with van der Waals surface area (Å²) in [5.41, 5.74) is -0.127. The molecule has 0 spiro atoms. The van der Waals surface area contributed by atoms with Crippen molar-refractivity contribution in [1.29, 1.82) is 0 Å². The monoisotopic (exact) mass is 326 g/mol. The molecule has 0 aliphatic rings. The van der Waals surface area contributed by atoms with Crippen LogP contribution in [0.1, 0.15) is 26.3 Å². The fourth-order valence-electron chi connectivity index (χ4n) is 1.99. The number of aliphatic imine (C=N–C) groups is 1. The van der Waals surface area contributed by atoms with Crippen LogP contribution < -0.4 is 10.6 Å². The maximum absolute atomic E-state index is 13.6. The van der Waals surface area contributed by atoms with Crippen LogP contribution in [-0.4, -0.2) is 42.9 Å². The molecule has 0 aliphatic heterocycles. The van der Waals surface area contributed by atoms with E-state index >= 15 is 0 Å². The number of nitrogens with one attached hydrogen (secondary N) is 2. The quantitative estimate of drug-likeness (QED) is 0.656. The van der Waals surface area contributed by atoms with Gasteiger partial charge in [0, 0.05) is 31.7 Å². The molecule has 128 valence electrons. The van der Waals surface area contributed by atoms with Gasteiger partial charge in [-0.1, -0.05) is 0 Å². The van der Waals surface area contributed by atoms with E-state index in [1.165, 1.54) is 0 Å². The first-order valence-electron chi connectivity index (χ1n) is 7.29. The molecule has 0 bridgehead atoms. The molecule has 0 atom stereocenters. The molecule has 5 nitrogen and oxygen atoms in total. The number of benzene rings is 1. The molecule has 0 heterocycles. The number of rotatable bonds is 4. The summed E-state index contributed by atoms with van der Waals surface area (Å²) in [5.74, 6) is -0.740. The Balaban J connectivity index is 2.63. The average Bonchev–Trinajstić information content (AvgIpc) is 2.40. The van der Waals surface area contributed by atoms with E-state index in [0.717, 1.165) is 18.2 Å². The molecular formula is C16H24F2N4O. The number of carbonyl (C=O) groups excluding carboxylic acids is 1. The number of hydrogen-bond donors (Lipinski definition) is 2. The van der Waals surface area contributed by atoms with Crippen molar-refractivity contribution in [3.63, 3.8) is 0 Å². The Morgan fingerprint density at radius 2 is 1.96 bits per heavy atom. The molecule has 23 heavy (non-hydrogen) atoms. The third kappa shape index (κ3) is 6.63. The van der Waals surface area contributed by atoms with Crippen molar-refractivity contribution in [2.75, 3.05) is 20.6 Å². The van der Waals surface area contributed by atoms with Gasteiger partial charge in [-0.05, 0) is 39.0 Å². The number of amides is 1. The highest BCUT2D eigenvalue weighted by Gasteiger charge is 2.17. The summed E-state index contributed by atoms with van der Waals surface area (Å²) in [6.45, 7) is 5.85. The normalized spacial score (nSPS) is 12.0. The number of nitrogens with zero attached hydrogens (tertiary/aromatic N) is 2. The van der Waals surface area contributed by atoms with Gasteiger partial charge in [0.05, 0.1) is 6.54 Å². The molecule has 0 unspecified atom stereocenters. The molecule has 1 aromatic carbocycles. The van der Waals surface area contributed by atoms with Gasteiger partial charge in [0.15, 0.2) is 5.96 Å². The zero-order valence-electron chi connectivity index (χ0n) is 14.2. The lowest BCUT2D eigenvalue weighted by Crippen LogP contribution is -2.48. The number of carbonyl (C=O) groups is 1. The molecule has 0 radical (unpaired) electrons. The van der Waals surface area contributed by atoms with Crippen LogP contribution in [0.25, 0.3) is 0 Å². The van der Waals surface area contributed by atoms with E-state index < -0.39 is 11.6 Å². The van der Waals surface area contributed by atoms with E-state index in [-0.39, 0.29) is 30.1 Å².